The van der Waals surface area contributed by atoms with Crippen molar-refractivity contribution in [3.8, 4) is 0 Å². The lowest BCUT2D eigenvalue weighted by Gasteiger charge is -2.08. The molecular formula is C13H16INO3. The first-order valence-electron chi connectivity index (χ1n) is 5.72. The van der Waals surface area contributed by atoms with Crippen molar-refractivity contribution in [3.63, 3.8) is 0 Å². The van der Waals surface area contributed by atoms with Crippen LogP contribution in [0.2, 0.25) is 0 Å². The molecule has 0 saturated carbocycles. The van der Waals surface area contributed by atoms with Gasteiger partial charge in [-0.25, -0.2) is 0 Å². The van der Waals surface area contributed by atoms with Crippen LogP contribution in [0.15, 0.2) is 24.3 Å². The highest BCUT2D eigenvalue weighted by Gasteiger charge is 2.08. The van der Waals surface area contributed by atoms with Gasteiger partial charge < -0.3 is 10.1 Å². The fraction of sp³-hybridized carbons (Fsp3) is 0.385. The topological polar surface area (TPSA) is 55.4 Å². The van der Waals surface area contributed by atoms with Gasteiger partial charge in [0.05, 0.1) is 12.5 Å². The van der Waals surface area contributed by atoms with Gasteiger partial charge in [-0.3, -0.25) is 9.59 Å². The summed E-state index contributed by atoms with van der Waals surface area (Å²) < 4.78 is 6.04. The van der Waals surface area contributed by atoms with Crippen LogP contribution in [0.25, 0.3) is 0 Å². The van der Waals surface area contributed by atoms with Crippen LogP contribution in [0.5, 0.6) is 0 Å². The highest BCUT2D eigenvalue weighted by atomic mass is 127. The van der Waals surface area contributed by atoms with Crippen molar-refractivity contribution in [2.24, 2.45) is 0 Å². The number of esters is 1. The number of rotatable bonds is 5. The third-order valence-electron chi connectivity index (χ3n) is 2.09. The maximum atomic E-state index is 11.7. The molecule has 0 aromatic heterocycles. The van der Waals surface area contributed by atoms with Crippen molar-refractivity contribution in [3.05, 3.63) is 33.4 Å². The zero-order valence-electron chi connectivity index (χ0n) is 10.4. The average Bonchev–Trinajstić information content (AvgIpc) is 2.28. The summed E-state index contributed by atoms with van der Waals surface area (Å²) in [5.74, 6) is -0.475. The molecule has 0 saturated heterocycles. The minimum atomic E-state index is -0.298. The van der Waals surface area contributed by atoms with E-state index in [0.29, 0.717) is 5.56 Å². The maximum Gasteiger partial charge on any atom is 0.307 e. The molecule has 0 bridgehead atoms. The zero-order chi connectivity index (χ0) is 13.5. The summed E-state index contributed by atoms with van der Waals surface area (Å²) in [5.41, 5.74) is 0.590. The van der Waals surface area contributed by atoms with Crippen LogP contribution in [0.4, 0.5) is 0 Å². The fourth-order valence-corrected chi connectivity index (χ4v) is 1.66. The van der Waals surface area contributed by atoms with Gasteiger partial charge >= 0.3 is 5.97 Å². The van der Waals surface area contributed by atoms with Crippen LogP contribution >= 0.6 is 22.6 Å². The Balaban J connectivity index is 2.33. The number of halogens is 1. The van der Waals surface area contributed by atoms with Gasteiger partial charge in [-0.15, -0.1) is 0 Å². The Kier molecular flexibility index (Phi) is 6.11. The van der Waals surface area contributed by atoms with Crippen LogP contribution < -0.4 is 5.32 Å². The van der Waals surface area contributed by atoms with Crippen LogP contribution in [0.1, 0.15) is 30.6 Å². The minimum Gasteiger partial charge on any atom is -0.463 e. The maximum absolute atomic E-state index is 11.7. The standard InChI is InChI=1S/C13H16INO3/c1-9(2)18-12(16)7-8-15-13(17)10-3-5-11(14)6-4-10/h3-6,9H,7-8H2,1-2H3,(H,15,17). The Hall–Kier alpha value is -1.11. The molecule has 0 atom stereocenters. The average molecular weight is 361 g/mol. The molecule has 1 rings (SSSR count). The lowest BCUT2D eigenvalue weighted by atomic mass is 10.2. The number of hydrogen-bond acceptors (Lipinski definition) is 3. The van der Waals surface area contributed by atoms with Gasteiger partial charge in [0.15, 0.2) is 0 Å². The molecule has 0 aliphatic heterocycles. The lowest BCUT2D eigenvalue weighted by Crippen LogP contribution is -2.27. The summed E-state index contributed by atoms with van der Waals surface area (Å²) >= 11 is 2.18. The summed E-state index contributed by atoms with van der Waals surface area (Å²) in [5, 5.41) is 2.68. The zero-order valence-corrected chi connectivity index (χ0v) is 12.6. The SMILES string of the molecule is CC(C)OC(=O)CCNC(=O)c1ccc(I)cc1. The monoisotopic (exact) mass is 361 g/mol. The fourth-order valence-electron chi connectivity index (χ4n) is 1.30. The highest BCUT2D eigenvalue weighted by molar-refractivity contribution is 14.1. The summed E-state index contributed by atoms with van der Waals surface area (Å²) in [6.07, 6.45) is 0.0679. The Labute approximate surface area is 120 Å². The van der Waals surface area contributed by atoms with E-state index in [1.807, 2.05) is 12.1 Å². The van der Waals surface area contributed by atoms with Crippen LogP contribution in [0.3, 0.4) is 0 Å². The molecule has 0 unspecified atom stereocenters. The largest absolute Gasteiger partial charge is 0.463 e. The molecule has 18 heavy (non-hydrogen) atoms. The number of hydrogen-bond donors (Lipinski definition) is 1. The summed E-state index contributed by atoms with van der Waals surface area (Å²) in [7, 11) is 0. The van der Waals surface area contributed by atoms with E-state index in [-0.39, 0.29) is 30.9 Å². The summed E-state index contributed by atoms with van der Waals surface area (Å²) in [6.45, 7) is 3.88. The quantitative estimate of drug-likeness (QED) is 0.647. The first-order valence-corrected chi connectivity index (χ1v) is 6.80. The number of ether oxygens (including phenoxy) is 1. The second-order valence-electron chi connectivity index (χ2n) is 4.05. The molecule has 0 aliphatic carbocycles. The molecule has 1 aromatic carbocycles. The van der Waals surface area contributed by atoms with Crippen LogP contribution in [-0.2, 0) is 9.53 Å². The molecule has 0 spiro atoms. The summed E-state index contributed by atoms with van der Waals surface area (Å²) in [6, 6.07) is 7.23. The van der Waals surface area contributed by atoms with Gasteiger partial charge in [0.2, 0.25) is 0 Å². The van der Waals surface area contributed by atoms with E-state index in [2.05, 4.69) is 27.9 Å². The van der Waals surface area contributed by atoms with Crippen molar-refractivity contribution in [2.75, 3.05) is 6.54 Å². The Bertz CT molecular complexity index is 415. The molecule has 98 valence electrons. The third kappa shape index (κ3) is 5.48. The van der Waals surface area contributed by atoms with Gasteiger partial charge in [0.25, 0.3) is 5.91 Å². The first-order chi connectivity index (χ1) is 8.49. The van der Waals surface area contributed by atoms with E-state index in [4.69, 9.17) is 4.74 Å². The first kappa shape index (κ1) is 14.9. The van der Waals surface area contributed by atoms with E-state index >= 15 is 0 Å². The molecular weight excluding hydrogens is 345 g/mol. The number of benzene rings is 1. The van der Waals surface area contributed by atoms with Gasteiger partial charge in [-0.1, -0.05) is 0 Å². The van der Waals surface area contributed by atoms with Crippen molar-refractivity contribution in [2.45, 2.75) is 26.4 Å². The molecule has 0 fully saturated rings. The second kappa shape index (κ2) is 7.35. The molecule has 5 heteroatoms. The van der Waals surface area contributed by atoms with Gasteiger partial charge in [0.1, 0.15) is 0 Å². The second-order valence-corrected chi connectivity index (χ2v) is 5.30. The molecule has 0 aliphatic rings. The van der Waals surface area contributed by atoms with Gasteiger partial charge in [0, 0.05) is 15.7 Å². The van der Waals surface area contributed by atoms with E-state index in [1.165, 1.54) is 0 Å². The van der Waals surface area contributed by atoms with Gasteiger partial charge in [-0.2, -0.15) is 0 Å². The lowest BCUT2D eigenvalue weighted by molar-refractivity contribution is -0.147. The van der Waals surface area contributed by atoms with E-state index < -0.39 is 0 Å². The van der Waals surface area contributed by atoms with Crippen LogP contribution in [0, 0.1) is 3.57 Å². The normalized spacial score (nSPS) is 10.2. The van der Waals surface area contributed by atoms with E-state index in [9.17, 15) is 9.59 Å². The number of carbonyl (C=O) groups excluding carboxylic acids is 2. The number of carbonyl (C=O) groups is 2. The Morgan fingerprint density at radius 2 is 1.89 bits per heavy atom. The van der Waals surface area contributed by atoms with E-state index in [0.717, 1.165) is 3.57 Å². The minimum absolute atomic E-state index is 0.121. The van der Waals surface area contributed by atoms with E-state index in [1.54, 1.807) is 26.0 Å². The molecule has 1 amide bonds. The molecule has 1 aromatic rings. The smallest absolute Gasteiger partial charge is 0.307 e. The predicted octanol–water partition coefficient (Wildman–Crippen LogP) is 2.36. The third-order valence-corrected chi connectivity index (χ3v) is 2.81. The van der Waals surface area contributed by atoms with Gasteiger partial charge in [-0.05, 0) is 60.7 Å². The highest BCUT2D eigenvalue weighted by Crippen LogP contribution is 2.06. The molecule has 0 radical (unpaired) electrons. The Morgan fingerprint density at radius 3 is 2.44 bits per heavy atom. The number of nitrogens with one attached hydrogen (secondary N) is 1. The Morgan fingerprint density at radius 1 is 1.28 bits per heavy atom. The molecule has 0 heterocycles. The predicted molar refractivity (Wildman–Crippen MR) is 77.3 cm³/mol. The number of amides is 1. The van der Waals surface area contributed by atoms with Crippen molar-refractivity contribution < 1.29 is 14.3 Å². The molecule has 4 nitrogen and oxygen atoms in total. The molecule has 1 N–H and O–H groups in total. The van der Waals surface area contributed by atoms with Crippen LogP contribution in [-0.4, -0.2) is 24.5 Å². The van der Waals surface area contributed by atoms with Crippen molar-refractivity contribution in [1.29, 1.82) is 0 Å². The van der Waals surface area contributed by atoms with Crippen molar-refractivity contribution in [1.82, 2.24) is 5.32 Å². The summed E-state index contributed by atoms with van der Waals surface area (Å²) in [4.78, 5) is 22.9. The van der Waals surface area contributed by atoms with Crippen molar-refractivity contribution >= 4 is 34.5 Å².